The number of nitrogens with one attached hydrogen (secondary N) is 1. The highest BCUT2D eigenvalue weighted by atomic mass is 35.5. The fourth-order valence-corrected chi connectivity index (χ4v) is 1.96. The number of carbonyl (C=O) groups excluding carboxylic acids is 1. The first-order valence-electron chi connectivity index (χ1n) is 5.91. The van der Waals surface area contributed by atoms with Gasteiger partial charge in [-0.2, -0.15) is 0 Å². The Morgan fingerprint density at radius 3 is 2.53 bits per heavy atom. The van der Waals surface area contributed by atoms with E-state index in [4.69, 9.17) is 17.3 Å². The number of aryl methyl sites for hydroxylation is 2. The maximum atomic E-state index is 12.1. The van der Waals surface area contributed by atoms with E-state index in [2.05, 4.69) is 5.32 Å². The number of rotatable bonds is 2. The molecule has 0 atom stereocenters. The lowest BCUT2D eigenvalue weighted by molar-refractivity contribution is 0.102. The van der Waals surface area contributed by atoms with E-state index in [9.17, 15) is 4.79 Å². The van der Waals surface area contributed by atoms with Crippen LogP contribution < -0.4 is 11.1 Å². The number of hydrogen-bond donors (Lipinski definition) is 2. The number of amides is 1. The second kappa shape index (κ2) is 5.33. The molecule has 0 aliphatic rings. The summed E-state index contributed by atoms with van der Waals surface area (Å²) in [7, 11) is 0. The zero-order chi connectivity index (χ0) is 14.0. The largest absolute Gasteiger partial charge is 0.397 e. The predicted molar refractivity (Wildman–Crippen MR) is 79.7 cm³/mol. The normalized spacial score (nSPS) is 10.3. The van der Waals surface area contributed by atoms with Crippen LogP contribution in [0.4, 0.5) is 11.4 Å². The molecule has 2 aromatic rings. The minimum atomic E-state index is -0.225. The number of halogens is 1. The van der Waals surface area contributed by atoms with Gasteiger partial charge in [0.15, 0.2) is 0 Å². The fraction of sp³-hybridized carbons (Fsp3) is 0.133. The van der Waals surface area contributed by atoms with E-state index in [0.717, 1.165) is 11.1 Å². The highest BCUT2D eigenvalue weighted by molar-refractivity contribution is 6.31. The molecular weight excluding hydrogens is 260 g/mol. The van der Waals surface area contributed by atoms with E-state index in [1.54, 1.807) is 24.3 Å². The van der Waals surface area contributed by atoms with Gasteiger partial charge in [-0.15, -0.1) is 0 Å². The van der Waals surface area contributed by atoms with Crippen molar-refractivity contribution in [1.82, 2.24) is 0 Å². The van der Waals surface area contributed by atoms with Crippen LogP contribution in [0, 0.1) is 13.8 Å². The Morgan fingerprint density at radius 1 is 1.16 bits per heavy atom. The minimum absolute atomic E-state index is 0.225. The monoisotopic (exact) mass is 274 g/mol. The van der Waals surface area contributed by atoms with Crippen LogP contribution in [0.5, 0.6) is 0 Å². The molecule has 2 rings (SSSR count). The quantitative estimate of drug-likeness (QED) is 0.819. The number of anilines is 2. The number of benzene rings is 2. The van der Waals surface area contributed by atoms with Crippen molar-refractivity contribution in [2.45, 2.75) is 13.8 Å². The number of carbonyl (C=O) groups is 1. The minimum Gasteiger partial charge on any atom is -0.397 e. The Kier molecular flexibility index (Phi) is 3.76. The summed E-state index contributed by atoms with van der Waals surface area (Å²) in [6, 6.07) is 10.5. The Balaban J connectivity index is 2.27. The van der Waals surface area contributed by atoms with Crippen LogP contribution in [0.3, 0.4) is 0 Å². The molecule has 2 aromatic carbocycles. The van der Waals surface area contributed by atoms with Crippen molar-refractivity contribution in [1.29, 1.82) is 0 Å². The van der Waals surface area contributed by atoms with Gasteiger partial charge < -0.3 is 11.1 Å². The van der Waals surface area contributed by atoms with Gasteiger partial charge >= 0.3 is 0 Å². The van der Waals surface area contributed by atoms with Gasteiger partial charge in [-0.1, -0.05) is 17.7 Å². The summed E-state index contributed by atoms with van der Waals surface area (Å²) < 4.78 is 0. The average molecular weight is 275 g/mol. The molecule has 0 spiro atoms. The molecule has 0 bridgehead atoms. The molecule has 0 heterocycles. The smallest absolute Gasteiger partial charge is 0.255 e. The standard InChI is InChI=1S/C15H15ClN2O/c1-9-6-13(17)14(7-10(9)2)18-15(19)11-4-3-5-12(16)8-11/h3-8H,17H2,1-2H3,(H,18,19). The van der Waals surface area contributed by atoms with Crippen molar-refractivity contribution < 1.29 is 4.79 Å². The molecule has 3 N–H and O–H groups in total. The Labute approximate surface area is 117 Å². The topological polar surface area (TPSA) is 55.1 Å². The fourth-order valence-electron chi connectivity index (χ4n) is 1.77. The molecule has 0 aromatic heterocycles. The first kappa shape index (κ1) is 13.4. The highest BCUT2D eigenvalue weighted by Gasteiger charge is 2.09. The third-order valence-electron chi connectivity index (χ3n) is 3.00. The van der Waals surface area contributed by atoms with E-state index >= 15 is 0 Å². The zero-order valence-electron chi connectivity index (χ0n) is 10.8. The molecular formula is C15H15ClN2O. The maximum absolute atomic E-state index is 12.1. The summed E-state index contributed by atoms with van der Waals surface area (Å²) in [5.41, 5.74) is 9.76. The second-order valence-electron chi connectivity index (χ2n) is 4.49. The molecule has 19 heavy (non-hydrogen) atoms. The average Bonchev–Trinajstić information content (AvgIpc) is 2.36. The maximum Gasteiger partial charge on any atom is 0.255 e. The molecule has 1 amide bonds. The SMILES string of the molecule is Cc1cc(N)c(NC(=O)c2cccc(Cl)c2)cc1C. The molecule has 0 radical (unpaired) electrons. The van der Waals surface area contributed by atoms with E-state index in [1.165, 1.54) is 0 Å². The van der Waals surface area contributed by atoms with E-state index in [0.29, 0.717) is 22.0 Å². The second-order valence-corrected chi connectivity index (χ2v) is 4.92. The predicted octanol–water partition coefficient (Wildman–Crippen LogP) is 3.79. The van der Waals surface area contributed by atoms with Crippen LogP contribution in [-0.2, 0) is 0 Å². The van der Waals surface area contributed by atoms with Gasteiger partial charge in [0, 0.05) is 10.6 Å². The van der Waals surface area contributed by atoms with Gasteiger partial charge in [0.1, 0.15) is 0 Å². The third kappa shape index (κ3) is 3.06. The molecule has 98 valence electrons. The Bertz CT molecular complexity index is 638. The van der Waals surface area contributed by atoms with Crippen LogP contribution >= 0.6 is 11.6 Å². The van der Waals surface area contributed by atoms with Crippen molar-refractivity contribution >= 4 is 28.9 Å². The van der Waals surface area contributed by atoms with Crippen molar-refractivity contribution in [3.63, 3.8) is 0 Å². The molecule has 0 aliphatic carbocycles. The van der Waals surface area contributed by atoms with E-state index < -0.39 is 0 Å². The van der Waals surface area contributed by atoms with Crippen LogP contribution in [0.15, 0.2) is 36.4 Å². The lowest BCUT2D eigenvalue weighted by atomic mass is 10.1. The van der Waals surface area contributed by atoms with Crippen molar-refractivity contribution in [2.75, 3.05) is 11.1 Å². The summed E-state index contributed by atoms with van der Waals surface area (Å²) in [4.78, 5) is 12.1. The number of nitrogens with two attached hydrogens (primary N) is 1. The van der Waals surface area contributed by atoms with Gasteiger partial charge in [0.05, 0.1) is 11.4 Å². The van der Waals surface area contributed by atoms with Crippen LogP contribution in [0.25, 0.3) is 0 Å². The Morgan fingerprint density at radius 2 is 1.84 bits per heavy atom. The van der Waals surface area contributed by atoms with Gasteiger partial charge in [-0.05, 0) is 55.3 Å². The lowest BCUT2D eigenvalue weighted by Crippen LogP contribution is -2.13. The summed E-state index contributed by atoms with van der Waals surface area (Å²) >= 11 is 5.86. The number of nitrogen functional groups attached to an aromatic ring is 1. The molecule has 0 aliphatic heterocycles. The summed E-state index contributed by atoms with van der Waals surface area (Å²) in [5, 5.41) is 3.33. The first-order chi connectivity index (χ1) is 8.97. The Hall–Kier alpha value is -2.00. The van der Waals surface area contributed by atoms with E-state index in [1.807, 2.05) is 26.0 Å². The molecule has 4 heteroatoms. The third-order valence-corrected chi connectivity index (χ3v) is 3.24. The number of hydrogen-bond acceptors (Lipinski definition) is 2. The van der Waals surface area contributed by atoms with E-state index in [-0.39, 0.29) is 5.91 Å². The molecule has 0 unspecified atom stereocenters. The first-order valence-corrected chi connectivity index (χ1v) is 6.29. The molecule has 3 nitrogen and oxygen atoms in total. The van der Waals surface area contributed by atoms with Crippen molar-refractivity contribution in [3.05, 3.63) is 58.1 Å². The van der Waals surface area contributed by atoms with Crippen molar-refractivity contribution in [2.24, 2.45) is 0 Å². The van der Waals surface area contributed by atoms with Crippen LogP contribution in [-0.4, -0.2) is 5.91 Å². The van der Waals surface area contributed by atoms with Gasteiger partial charge in [-0.25, -0.2) is 0 Å². The molecule has 0 fully saturated rings. The van der Waals surface area contributed by atoms with Gasteiger partial charge in [0.2, 0.25) is 0 Å². The summed E-state index contributed by atoms with van der Waals surface area (Å²) in [6.45, 7) is 3.96. The van der Waals surface area contributed by atoms with Crippen molar-refractivity contribution in [3.8, 4) is 0 Å². The lowest BCUT2D eigenvalue weighted by Gasteiger charge is -2.11. The van der Waals surface area contributed by atoms with Gasteiger partial charge in [0.25, 0.3) is 5.91 Å². The van der Waals surface area contributed by atoms with Crippen LogP contribution in [0.1, 0.15) is 21.5 Å². The molecule has 0 saturated heterocycles. The van der Waals surface area contributed by atoms with Crippen LogP contribution in [0.2, 0.25) is 5.02 Å². The van der Waals surface area contributed by atoms with Gasteiger partial charge in [-0.3, -0.25) is 4.79 Å². The summed E-state index contributed by atoms with van der Waals surface area (Å²) in [6.07, 6.45) is 0. The molecule has 0 saturated carbocycles. The summed E-state index contributed by atoms with van der Waals surface area (Å²) in [5.74, 6) is -0.225. The highest BCUT2D eigenvalue weighted by Crippen LogP contribution is 2.23. The zero-order valence-corrected chi connectivity index (χ0v) is 11.6.